The minimum absolute atomic E-state index is 0.705. The summed E-state index contributed by atoms with van der Waals surface area (Å²) in [6, 6.07) is 50.7. The van der Waals surface area contributed by atoms with Crippen molar-refractivity contribution in [2.45, 2.75) is 0 Å². The number of benzene rings is 7. The topological polar surface area (TPSA) is 38.9 Å². The van der Waals surface area contributed by atoms with Crippen LogP contribution >= 0.6 is 0 Å². The van der Waals surface area contributed by atoms with Crippen molar-refractivity contribution in [3.8, 4) is 45.0 Å². The molecule has 0 aliphatic carbocycles. The first-order valence-corrected chi connectivity index (χ1v) is 14.5. The second-order valence-electron chi connectivity index (χ2n) is 11.0. The Kier molecular flexibility index (Phi) is 5.20. The van der Waals surface area contributed by atoms with Crippen LogP contribution in [0.5, 0.6) is 0 Å². The summed E-state index contributed by atoms with van der Waals surface area (Å²) in [4.78, 5) is 10.3. The minimum atomic E-state index is 0.705. The van der Waals surface area contributed by atoms with Crippen molar-refractivity contribution in [1.82, 2.24) is 9.97 Å². The summed E-state index contributed by atoms with van der Waals surface area (Å²) in [6.07, 6.45) is 0. The molecule has 7 aromatic carbocycles. The standard InChI is InChI=1S/C40H24N2O/c1-3-11-25(12-4-1)27-15-7-16-28(23-27)33-24-34(42-40(41-33)26-13-5-2-6-14-26)31-19-8-17-29-30-18-9-21-35-38(30)39-32(37(29)31)20-10-22-36(39)43-35/h1-24H. The van der Waals surface area contributed by atoms with E-state index in [1.807, 2.05) is 24.3 Å². The average Bonchev–Trinajstić information content (AvgIpc) is 3.48. The molecular formula is C40H24N2O. The van der Waals surface area contributed by atoms with Gasteiger partial charge in [-0.15, -0.1) is 0 Å². The van der Waals surface area contributed by atoms with Crippen LogP contribution in [-0.4, -0.2) is 9.97 Å². The molecule has 0 saturated carbocycles. The Hall–Kier alpha value is -5.80. The zero-order valence-electron chi connectivity index (χ0n) is 23.2. The van der Waals surface area contributed by atoms with Crippen LogP contribution in [0.4, 0.5) is 0 Å². The quantitative estimate of drug-likeness (QED) is 0.205. The van der Waals surface area contributed by atoms with Crippen LogP contribution in [0, 0.1) is 0 Å². The van der Waals surface area contributed by atoms with Gasteiger partial charge in [0, 0.05) is 27.5 Å². The van der Waals surface area contributed by atoms with Gasteiger partial charge >= 0.3 is 0 Å². The fourth-order valence-electron chi connectivity index (χ4n) is 6.52. The number of furan rings is 1. The molecule has 0 fully saturated rings. The van der Waals surface area contributed by atoms with Gasteiger partial charge in [-0.25, -0.2) is 9.97 Å². The van der Waals surface area contributed by atoms with E-state index in [1.54, 1.807) is 0 Å². The van der Waals surface area contributed by atoms with E-state index in [0.717, 1.165) is 44.8 Å². The van der Waals surface area contributed by atoms with E-state index in [4.69, 9.17) is 14.4 Å². The lowest BCUT2D eigenvalue weighted by Gasteiger charge is -2.14. The number of hydrogen-bond acceptors (Lipinski definition) is 3. The number of nitrogens with zero attached hydrogens (tertiary/aromatic N) is 2. The van der Waals surface area contributed by atoms with Crippen LogP contribution in [0.1, 0.15) is 0 Å². The Morgan fingerprint density at radius 3 is 1.70 bits per heavy atom. The molecule has 9 rings (SSSR count). The number of aromatic nitrogens is 2. The first kappa shape index (κ1) is 23.9. The molecule has 0 bridgehead atoms. The highest BCUT2D eigenvalue weighted by Crippen LogP contribution is 2.45. The van der Waals surface area contributed by atoms with Gasteiger partial charge in [0.25, 0.3) is 0 Å². The summed E-state index contributed by atoms with van der Waals surface area (Å²) >= 11 is 0. The summed E-state index contributed by atoms with van der Waals surface area (Å²) < 4.78 is 6.31. The summed E-state index contributed by atoms with van der Waals surface area (Å²) in [6.45, 7) is 0. The number of fused-ring (bicyclic) bond motifs is 3. The van der Waals surface area contributed by atoms with Crippen LogP contribution in [0.15, 0.2) is 150 Å². The molecule has 3 nitrogen and oxygen atoms in total. The molecule has 3 heteroatoms. The van der Waals surface area contributed by atoms with Gasteiger partial charge in [-0.05, 0) is 56.9 Å². The monoisotopic (exact) mass is 548 g/mol. The van der Waals surface area contributed by atoms with Gasteiger partial charge in [0.1, 0.15) is 11.2 Å². The third kappa shape index (κ3) is 3.75. The Morgan fingerprint density at radius 1 is 0.372 bits per heavy atom. The van der Waals surface area contributed by atoms with E-state index in [2.05, 4.69) is 121 Å². The summed E-state index contributed by atoms with van der Waals surface area (Å²) in [7, 11) is 0. The SMILES string of the molecule is c1ccc(-c2cccc(-c3cc(-c4cccc5c6cccc7oc8cccc(c45)c8c76)nc(-c4ccccc4)n3)c2)cc1. The van der Waals surface area contributed by atoms with E-state index >= 15 is 0 Å². The van der Waals surface area contributed by atoms with Crippen LogP contribution in [-0.2, 0) is 0 Å². The molecule has 43 heavy (non-hydrogen) atoms. The Bertz CT molecular complexity index is 2440. The summed E-state index contributed by atoms with van der Waals surface area (Å²) in [5, 5.41) is 7.09. The predicted octanol–water partition coefficient (Wildman–Crippen LogP) is 10.8. The van der Waals surface area contributed by atoms with Crippen LogP contribution < -0.4 is 0 Å². The second-order valence-corrected chi connectivity index (χ2v) is 11.0. The maximum Gasteiger partial charge on any atom is 0.160 e. The Morgan fingerprint density at radius 2 is 0.930 bits per heavy atom. The highest BCUT2D eigenvalue weighted by molar-refractivity contribution is 6.34. The van der Waals surface area contributed by atoms with Gasteiger partial charge in [0.15, 0.2) is 5.82 Å². The molecule has 9 aromatic rings. The zero-order valence-corrected chi connectivity index (χ0v) is 23.2. The molecule has 0 amide bonds. The molecule has 2 heterocycles. The number of hydrogen-bond donors (Lipinski definition) is 0. The van der Waals surface area contributed by atoms with Crippen molar-refractivity contribution in [1.29, 1.82) is 0 Å². The first-order valence-electron chi connectivity index (χ1n) is 14.5. The lowest BCUT2D eigenvalue weighted by molar-refractivity contribution is 0.669. The van der Waals surface area contributed by atoms with Crippen molar-refractivity contribution >= 4 is 43.5 Å². The van der Waals surface area contributed by atoms with E-state index in [9.17, 15) is 0 Å². The van der Waals surface area contributed by atoms with Crippen molar-refractivity contribution in [3.05, 3.63) is 146 Å². The molecule has 0 aliphatic rings. The van der Waals surface area contributed by atoms with E-state index in [1.165, 1.54) is 37.9 Å². The highest BCUT2D eigenvalue weighted by Gasteiger charge is 2.20. The molecule has 0 atom stereocenters. The van der Waals surface area contributed by atoms with Gasteiger partial charge < -0.3 is 4.42 Å². The third-order valence-electron chi connectivity index (χ3n) is 8.45. The van der Waals surface area contributed by atoms with Gasteiger partial charge in [0.2, 0.25) is 0 Å². The second kappa shape index (κ2) is 9.37. The zero-order chi connectivity index (χ0) is 28.3. The van der Waals surface area contributed by atoms with Gasteiger partial charge in [-0.2, -0.15) is 0 Å². The molecule has 0 saturated heterocycles. The third-order valence-corrected chi connectivity index (χ3v) is 8.45. The molecule has 0 aliphatic heterocycles. The summed E-state index contributed by atoms with van der Waals surface area (Å²) in [5.74, 6) is 0.705. The lowest BCUT2D eigenvalue weighted by Crippen LogP contribution is -1.97. The fraction of sp³-hybridized carbons (Fsp3) is 0. The van der Waals surface area contributed by atoms with Crippen molar-refractivity contribution in [2.75, 3.05) is 0 Å². The fourth-order valence-corrected chi connectivity index (χ4v) is 6.52. The summed E-state index contributed by atoms with van der Waals surface area (Å²) in [5.41, 5.74) is 9.06. The largest absolute Gasteiger partial charge is 0.456 e. The first-order chi connectivity index (χ1) is 21.3. The molecular weight excluding hydrogens is 524 g/mol. The van der Waals surface area contributed by atoms with Gasteiger partial charge in [-0.1, -0.05) is 121 Å². The van der Waals surface area contributed by atoms with Gasteiger partial charge in [0.05, 0.1) is 11.4 Å². The Balaban J connectivity index is 1.34. The van der Waals surface area contributed by atoms with Crippen molar-refractivity contribution in [3.63, 3.8) is 0 Å². The maximum atomic E-state index is 6.31. The molecule has 0 radical (unpaired) electrons. The lowest BCUT2D eigenvalue weighted by atomic mass is 9.90. The van der Waals surface area contributed by atoms with Gasteiger partial charge in [-0.3, -0.25) is 0 Å². The van der Waals surface area contributed by atoms with E-state index < -0.39 is 0 Å². The molecule has 2 aromatic heterocycles. The van der Waals surface area contributed by atoms with Crippen LogP contribution in [0.2, 0.25) is 0 Å². The molecule has 0 N–H and O–H groups in total. The molecule has 200 valence electrons. The highest BCUT2D eigenvalue weighted by atomic mass is 16.3. The predicted molar refractivity (Wildman–Crippen MR) is 177 cm³/mol. The van der Waals surface area contributed by atoms with Crippen LogP contribution in [0.3, 0.4) is 0 Å². The molecule has 0 unspecified atom stereocenters. The van der Waals surface area contributed by atoms with Crippen molar-refractivity contribution in [2.24, 2.45) is 0 Å². The normalized spacial score (nSPS) is 11.7. The van der Waals surface area contributed by atoms with Crippen molar-refractivity contribution < 1.29 is 4.42 Å². The average molecular weight is 549 g/mol. The van der Waals surface area contributed by atoms with Crippen LogP contribution in [0.25, 0.3) is 88.5 Å². The smallest absolute Gasteiger partial charge is 0.160 e. The minimum Gasteiger partial charge on any atom is -0.456 e. The maximum absolute atomic E-state index is 6.31. The van der Waals surface area contributed by atoms with E-state index in [0.29, 0.717) is 5.82 Å². The number of rotatable bonds is 4. The molecule has 0 spiro atoms. The Labute approximate surface area is 248 Å². The van der Waals surface area contributed by atoms with E-state index in [-0.39, 0.29) is 0 Å².